The smallest absolute Gasteiger partial charge is 0.119 e. The van der Waals surface area contributed by atoms with E-state index in [0.29, 0.717) is 17.2 Å². The zero-order valence-electron chi connectivity index (χ0n) is 11.3. The fourth-order valence-electron chi connectivity index (χ4n) is 1.85. The quantitative estimate of drug-likeness (QED) is 0.887. The van der Waals surface area contributed by atoms with Gasteiger partial charge in [0, 0.05) is 11.4 Å². The SMILES string of the molecule is COc1cccc(CC(O)COc2ccc(Cl)cc2)c1. The van der Waals surface area contributed by atoms with Crippen molar-refractivity contribution in [1.82, 2.24) is 0 Å². The lowest BCUT2D eigenvalue weighted by Crippen LogP contribution is -2.20. The number of rotatable bonds is 6. The summed E-state index contributed by atoms with van der Waals surface area (Å²) in [6, 6.07) is 14.7. The second-order valence-corrected chi connectivity index (χ2v) is 4.91. The van der Waals surface area contributed by atoms with Crippen LogP contribution in [0, 0.1) is 0 Å². The van der Waals surface area contributed by atoms with Crippen molar-refractivity contribution >= 4 is 11.6 Å². The van der Waals surface area contributed by atoms with Crippen molar-refractivity contribution in [3.63, 3.8) is 0 Å². The molecule has 0 radical (unpaired) electrons. The van der Waals surface area contributed by atoms with Crippen molar-refractivity contribution in [3.8, 4) is 11.5 Å². The van der Waals surface area contributed by atoms with Crippen LogP contribution in [0.4, 0.5) is 0 Å². The largest absolute Gasteiger partial charge is 0.497 e. The third kappa shape index (κ3) is 4.44. The van der Waals surface area contributed by atoms with Gasteiger partial charge in [-0.1, -0.05) is 23.7 Å². The number of aliphatic hydroxyl groups excluding tert-OH is 1. The highest BCUT2D eigenvalue weighted by Crippen LogP contribution is 2.17. The molecule has 0 spiro atoms. The molecule has 0 saturated carbocycles. The van der Waals surface area contributed by atoms with E-state index in [0.717, 1.165) is 11.3 Å². The van der Waals surface area contributed by atoms with Gasteiger partial charge in [-0.05, 0) is 42.0 Å². The van der Waals surface area contributed by atoms with Gasteiger partial charge in [0.1, 0.15) is 18.1 Å². The van der Waals surface area contributed by atoms with E-state index in [9.17, 15) is 5.11 Å². The number of methoxy groups -OCH3 is 1. The van der Waals surface area contributed by atoms with Gasteiger partial charge >= 0.3 is 0 Å². The molecule has 106 valence electrons. The van der Waals surface area contributed by atoms with Gasteiger partial charge in [-0.15, -0.1) is 0 Å². The maximum atomic E-state index is 9.99. The maximum absolute atomic E-state index is 9.99. The summed E-state index contributed by atoms with van der Waals surface area (Å²) in [6.45, 7) is 0.235. The lowest BCUT2D eigenvalue weighted by molar-refractivity contribution is 0.107. The Morgan fingerprint density at radius 2 is 1.85 bits per heavy atom. The van der Waals surface area contributed by atoms with E-state index in [1.165, 1.54) is 0 Å². The fourth-order valence-corrected chi connectivity index (χ4v) is 1.98. The molecule has 0 aliphatic heterocycles. The Hall–Kier alpha value is -1.71. The Kier molecular flexibility index (Phi) is 5.27. The molecule has 20 heavy (non-hydrogen) atoms. The van der Waals surface area contributed by atoms with E-state index in [4.69, 9.17) is 21.1 Å². The zero-order valence-corrected chi connectivity index (χ0v) is 12.0. The molecule has 3 nitrogen and oxygen atoms in total. The molecule has 0 aliphatic carbocycles. The van der Waals surface area contributed by atoms with Crippen molar-refractivity contribution < 1.29 is 14.6 Å². The summed E-state index contributed by atoms with van der Waals surface area (Å²) in [5.74, 6) is 1.48. The molecule has 0 fully saturated rings. The van der Waals surface area contributed by atoms with E-state index < -0.39 is 6.10 Å². The number of benzene rings is 2. The third-order valence-electron chi connectivity index (χ3n) is 2.86. The van der Waals surface area contributed by atoms with Crippen molar-refractivity contribution in [3.05, 3.63) is 59.1 Å². The normalized spacial score (nSPS) is 11.9. The van der Waals surface area contributed by atoms with Gasteiger partial charge < -0.3 is 14.6 Å². The number of hydrogen-bond acceptors (Lipinski definition) is 3. The number of ether oxygens (including phenoxy) is 2. The summed E-state index contributed by atoms with van der Waals surface area (Å²) in [5, 5.41) is 10.7. The minimum absolute atomic E-state index is 0.235. The van der Waals surface area contributed by atoms with Crippen molar-refractivity contribution in [2.24, 2.45) is 0 Å². The highest BCUT2D eigenvalue weighted by Gasteiger charge is 2.07. The first-order valence-electron chi connectivity index (χ1n) is 6.37. The summed E-state index contributed by atoms with van der Waals surface area (Å²) < 4.78 is 10.7. The van der Waals surface area contributed by atoms with Crippen LogP contribution >= 0.6 is 11.6 Å². The predicted octanol–water partition coefficient (Wildman–Crippen LogP) is 3.33. The lowest BCUT2D eigenvalue weighted by atomic mass is 10.1. The first-order chi connectivity index (χ1) is 9.67. The Morgan fingerprint density at radius 3 is 2.55 bits per heavy atom. The Labute approximate surface area is 123 Å². The highest BCUT2D eigenvalue weighted by molar-refractivity contribution is 6.30. The second-order valence-electron chi connectivity index (χ2n) is 4.47. The molecule has 0 heterocycles. The lowest BCUT2D eigenvalue weighted by Gasteiger charge is -2.13. The summed E-state index contributed by atoms with van der Waals surface area (Å²) in [5.41, 5.74) is 1.01. The molecule has 4 heteroatoms. The van der Waals surface area contributed by atoms with Gasteiger partial charge in [-0.25, -0.2) is 0 Å². The topological polar surface area (TPSA) is 38.7 Å². The van der Waals surface area contributed by atoms with Gasteiger partial charge in [0.05, 0.1) is 13.2 Å². The fraction of sp³-hybridized carbons (Fsp3) is 0.250. The van der Waals surface area contributed by atoms with Crippen LogP contribution in [0.1, 0.15) is 5.56 Å². The standard InChI is InChI=1S/C16H17ClO3/c1-19-16-4-2-3-12(10-16)9-14(18)11-20-15-7-5-13(17)6-8-15/h2-8,10,14,18H,9,11H2,1H3. The van der Waals surface area contributed by atoms with Gasteiger partial charge in [0.25, 0.3) is 0 Å². The van der Waals surface area contributed by atoms with E-state index in [1.807, 2.05) is 24.3 Å². The first kappa shape index (κ1) is 14.7. The van der Waals surface area contributed by atoms with Crippen molar-refractivity contribution in [2.45, 2.75) is 12.5 Å². The average molecular weight is 293 g/mol. The summed E-state index contributed by atoms with van der Waals surface area (Å²) in [7, 11) is 1.62. The Balaban J connectivity index is 1.85. The minimum atomic E-state index is -0.571. The molecule has 2 aromatic carbocycles. The monoisotopic (exact) mass is 292 g/mol. The number of halogens is 1. The van der Waals surface area contributed by atoms with E-state index in [2.05, 4.69) is 0 Å². The van der Waals surface area contributed by atoms with Crippen LogP contribution in [0.3, 0.4) is 0 Å². The van der Waals surface area contributed by atoms with E-state index in [-0.39, 0.29) is 6.61 Å². The predicted molar refractivity (Wildman–Crippen MR) is 79.7 cm³/mol. The van der Waals surface area contributed by atoms with E-state index in [1.54, 1.807) is 31.4 Å². The van der Waals surface area contributed by atoms with E-state index >= 15 is 0 Å². The Bertz CT molecular complexity index is 540. The van der Waals surface area contributed by atoms with Crippen LogP contribution in [-0.2, 0) is 6.42 Å². The number of aliphatic hydroxyl groups is 1. The molecule has 2 rings (SSSR count). The average Bonchev–Trinajstić information content (AvgIpc) is 2.47. The van der Waals surface area contributed by atoms with Gasteiger partial charge in [0.15, 0.2) is 0 Å². The van der Waals surface area contributed by atoms with Crippen LogP contribution in [0.2, 0.25) is 5.02 Å². The number of hydrogen-bond donors (Lipinski definition) is 1. The van der Waals surface area contributed by atoms with Crippen LogP contribution < -0.4 is 9.47 Å². The van der Waals surface area contributed by atoms with Crippen LogP contribution in [0.25, 0.3) is 0 Å². The molecule has 0 bridgehead atoms. The molecule has 0 saturated heterocycles. The van der Waals surface area contributed by atoms with Crippen molar-refractivity contribution in [1.29, 1.82) is 0 Å². The van der Waals surface area contributed by atoms with Gasteiger partial charge in [0.2, 0.25) is 0 Å². The molecule has 0 aromatic heterocycles. The van der Waals surface area contributed by atoms with Crippen LogP contribution in [0.5, 0.6) is 11.5 Å². The van der Waals surface area contributed by atoms with Gasteiger partial charge in [-0.3, -0.25) is 0 Å². The molecule has 0 aliphatic rings. The van der Waals surface area contributed by atoms with Crippen LogP contribution in [-0.4, -0.2) is 24.9 Å². The molecular formula is C16H17ClO3. The van der Waals surface area contributed by atoms with Crippen LogP contribution in [0.15, 0.2) is 48.5 Å². The molecule has 1 N–H and O–H groups in total. The summed E-state index contributed by atoms with van der Waals surface area (Å²) >= 11 is 5.79. The third-order valence-corrected chi connectivity index (χ3v) is 3.11. The molecule has 1 unspecified atom stereocenters. The zero-order chi connectivity index (χ0) is 14.4. The highest BCUT2D eigenvalue weighted by atomic mass is 35.5. The molecular weight excluding hydrogens is 276 g/mol. The molecule has 0 amide bonds. The second kappa shape index (κ2) is 7.17. The van der Waals surface area contributed by atoms with Gasteiger partial charge in [-0.2, -0.15) is 0 Å². The Morgan fingerprint density at radius 1 is 1.10 bits per heavy atom. The first-order valence-corrected chi connectivity index (χ1v) is 6.74. The molecule has 1 atom stereocenters. The maximum Gasteiger partial charge on any atom is 0.119 e. The van der Waals surface area contributed by atoms with Crippen molar-refractivity contribution in [2.75, 3.05) is 13.7 Å². The minimum Gasteiger partial charge on any atom is -0.497 e. The summed E-state index contributed by atoms with van der Waals surface area (Å²) in [6.07, 6.45) is -0.0529. The molecule has 2 aromatic rings. The summed E-state index contributed by atoms with van der Waals surface area (Å²) in [4.78, 5) is 0.